The van der Waals surface area contributed by atoms with Crippen LogP contribution in [0.15, 0.2) is 54.6 Å². The quantitative estimate of drug-likeness (QED) is 0.744. The zero-order chi connectivity index (χ0) is 19.1. The number of H-pyrrole nitrogens is 1. The number of hydrogen-bond acceptors (Lipinski definition) is 3. The maximum Gasteiger partial charge on any atom is 0.410 e. The standard InChI is InChI=1S/C23H24N2O3/c1-27-21-13-25(23(26)28-14-15-7-3-2-4-8-15)16-11-18-17-9-5-6-10-20(17)24-22(18)19(21)12-16/h2-10,16,19,21,24H,11-14H2,1H3/t16-,19+,21-/m0/s1. The summed E-state index contributed by atoms with van der Waals surface area (Å²) in [6.07, 6.45) is 1.47. The van der Waals surface area contributed by atoms with Crippen LogP contribution in [-0.4, -0.2) is 41.8 Å². The van der Waals surface area contributed by atoms with Crippen molar-refractivity contribution in [2.75, 3.05) is 13.7 Å². The molecule has 1 N–H and O–H groups in total. The van der Waals surface area contributed by atoms with Gasteiger partial charge in [0.05, 0.1) is 12.6 Å². The fraction of sp³-hybridized carbons (Fsp3) is 0.348. The number of benzene rings is 2. The van der Waals surface area contributed by atoms with Crippen LogP contribution < -0.4 is 0 Å². The summed E-state index contributed by atoms with van der Waals surface area (Å²) in [6.45, 7) is 0.858. The van der Waals surface area contributed by atoms with Gasteiger partial charge in [0.2, 0.25) is 0 Å². The average Bonchev–Trinajstić information content (AvgIpc) is 3.12. The van der Waals surface area contributed by atoms with Crippen LogP contribution in [-0.2, 0) is 22.5 Å². The van der Waals surface area contributed by atoms with Crippen LogP contribution in [0, 0.1) is 0 Å². The maximum atomic E-state index is 12.9. The van der Waals surface area contributed by atoms with Crippen molar-refractivity contribution in [1.29, 1.82) is 0 Å². The molecule has 28 heavy (non-hydrogen) atoms. The van der Waals surface area contributed by atoms with Gasteiger partial charge >= 0.3 is 6.09 Å². The van der Waals surface area contributed by atoms with Crippen LogP contribution in [0.2, 0.25) is 0 Å². The predicted octanol–water partition coefficient (Wildman–Crippen LogP) is 4.23. The molecule has 0 saturated carbocycles. The Morgan fingerprint density at radius 2 is 1.93 bits per heavy atom. The van der Waals surface area contributed by atoms with Crippen molar-refractivity contribution in [3.8, 4) is 0 Å². The summed E-state index contributed by atoms with van der Waals surface area (Å²) < 4.78 is 11.4. The first-order chi connectivity index (χ1) is 13.7. The van der Waals surface area contributed by atoms with E-state index < -0.39 is 0 Å². The number of aromatic nitrogens is 1. The SMILES string of the molecule is CO[C@H]1CN(C(=O)OCc2ccccc2)[C@H]2Cc3c([nH]c4ccccc34)[C@@H]1C2. The lowest BCUT2D eigenvalue weighted by Crippen LogP contribution is -2.55. The lowest BCUT2D eigenvalue weighted by atomic mass is 9.77. The molecule has 1 saturated heterocycles. The summed E-state index contributed by atoms with van der Waals surface area (Å²) in [6, 6.07) is 18.3. The van der Waals surface area contributed by atoms with Gasteiger partial charge in [-0.05, 0) is 30.0 Å². The van der Waals surface area contributed by atoms with E-state index in [0.29, 0.717) is 13.2 Å². The van der Waals surface area contributed by atoms with Crippen molar-refractivity contribution in [2.45, 2.75) is 37.5 Å². The third kappa shape index (κ3) is 2.87. The number of rotatable bonds is 3. The number of carbonyl (C=O) groups excluding carboxylic acids is 1. The number of fused-ring (bicyclic) bond motifs is 6. The number of amides is 1. The molecule has 0 unspecified atom stereocenters. The Hall–Kier alpha value is -2.79. The summed E-state index contributed by atoms with van der Waals surface area (Å²) in [5, 5.41) is 1.25. The molecule has 2 heterocycles. The van der Waals surface area contributed by atoms with E-state index in [2.05, 4.69) is 29.2 Å². The van der Waals surface area contributed by atoms with Crippen LogP contribution in [0.1, 0.15) is 29.2 Å². The van der Waals surface area contributed by atoms with Crippen molar-refractivity contribution in [3.05, 3.63) is 71.4 Å². The van der Waals surface area contributed by atoms with Gasteiger partial charge in [-0.2, -0.15) is 0 Å². The predicted molar refractivity (Wildman–Crippen MR) is 107 cm³/mol. The van der Waals surface area contributed by atoms with Crippen LogP contribution in [0.3, 0.4) is 0 Å². The second-order valence-electron chi connectivity index (χ2n) is 7.73. The molecule has 5 heteroatoms. The summed E-state index contributed by atoms with van der Waals surface area (Å²) in [5.74, 6) is 0.282. The van der Waals surface area contributed by atoms with Gasteiger partial charge in [0.25, 0.3) is 0 Å². The monoisotopic (exact) mass is 376 g/mol. The first-order valence-corrected chi connectivity index (χ1v) is 9.84. The van der Waals surface area contributed by atoms with E-state index in [4.69, 9.17) is 9.47 Å². The van der Waals surface area contributed by atoms with Gasteiger partial charge in [0.15, 0.2) is 0 Å². The molecular weight excluding hydrogens is 352 g/mol. The highest BCUT2D eigenvalue weighted by Crippen LogP contribution is 2.43. The molecule has 2 aromatic carbocycles. The molecule has 2 bridgehead atoms. The third-order valence-corrected chi connectivity index (χ3v) is 6.19. The minimum Gasteiger partial charge on any atom is -0.445 e. The molecule has 5 nitrogen and oxygen atoms in total. The molecule has 3 atom stereocenters. The molecule has 1 aromatic heterocycles. The minimum atomic E-state index is -0.252. The van der Waals surface area contributed by atoms with E-state index in [1.54, 1.807) is 7.11 Å². The van der Waals surface area contributed by atoms with Crippen molar-refractivity contribution in [1.82, 2.24) is 9.88 Å². The minimum absolute atomic E-state index is 0.0346. The van der Waals surface area contributed by atoms with Crippen molar-refractivity contribution >= 4 is 17.0 Å². The molecule has 144 valence electrons. The smallest absolute Gasteiger partial charge is 0.410 e. The number of ether oxygens (including phenoxy) is 2. The number of hydrogen-bond donors (Lipinski definition) is 1. The summed E-state index contributed by atoms with van der Waals surface area (Å²) in [7, 11) is 1.73. The van der Waals surface area contributed by atoms with Crippen molar-refractivity contribution in [2.24, 2.45) is 0 Å². The largest absolute Gasteiger partial charge is 0.445 e. The van der Waals surface area contributed by atoms with Gasteiger partial charge < -0.3 is 19.4 Å². The Balaban J connectivity index is 1.41. The molecule has 0 radical (unpaired) electrons. The van der Waals surface area contributed by atoms with Gasteiger partial charge in [0, 0.05) is 35.7 Å². The van der Waals surface area contributed by atoms with Gasteiger partial charge in [-0.3, -0.25) is 0 Å². The molecule has 1 aliphatic heterocycles. The van der Waals surface area contributed by atoms with Crippen LogP contribution >= 0.6 is 0 Å². The Kier molecular flexibility index (Phi) is 4.32. The van der Waals surface area contributed by atoms with Crippen LogP contribution in [0.4, 0.5) is 4.79 Å². The molecule has 3 aromatic rings. The average molecular weight is 376 g/mol. The molecule has 1 aliphatic carbocycles. The Morgan fingerprint density at radius 1 is 1.14 bits per heavy atom. The van der Waals surface area contributed by atoms with E-state index in [-0.39, 0.29) is 24.2 Å². The lowest BCUT2D eigenvalue weighted by molar-refractivity contribution is -0.0184. The van der Waals surface area contributed by atoms with Crippen LogP contribution in [0.5, 0.6) is 0 Å². The molecular formula is C23H24N2O3. The number of methoxy groups -OCH3 is 1. The number of aromatic amines is 1. The normalized spacial score (nSPS) is 23.5. The number of carbonyl (C=O) groups is 1. The van der Waals surface area contributed by atoms with Crippen molar-refractivity contribution < 1.29 is 14.3 Å². The number of para-hydroxylation sites is 1. The number of nitrogens with zero attached hydrogens (tertiary/aromatic N) is 1. The van der Waals surface area contributed by atoms with E-state index >= 15 is 0 Å². The molecule has 0 spiro atoms. The van der Waals surface area contributed by atoms with Gasteiger partial charge in [-0.15, -0.1) is 0 Å². The zero-order valence-corrected chi connectivity index (χ0v) is 15.9. The number of piperidine rings is 1. The fourth-order valence-corrected chi connectivity index (χ4v) is 4.80. The first kappa shape index (κ1) is 17.3. The van der Waals surface area contributed by atoms with Gasteiger partial charge in [-0.1, -0.05) is 48.5 Å². The Labute approximate surface area is 164 Å². The van der Waals surface area contributed by atoms with Gasteiger partial charge in [-0.25, -0.2) is 4.79 Å². The second kappa shape index (κ2) is 6.99. The lowest BCUT2D eigenvalue weighted by Gasteiger charge is -2.45. The Morgan fingerprint density at radius 3 is 2.75 bits per heavy atom. The third-order valence-electron chi connectivity index (χ3n) is 6.19. The highest BCUT2D eigenvalue weighted by molar-refractivity contribution is 5.85. The zero-order valence-electron chi connectivity index (χ0n) is 15.9. The fourth-order valence-electron chi connectivity index (χ4n) is 4.80. The summed E-state index contributed by atoms with van der Waals surface area (Å²) >= 11 is 0. The molecule has 5 rings (SSSR count). The first-order valence-electron chi connectivity index (χ1n) is 9.84. The summed E-state index contributed by atoms with van der Waals surface area (Å²) in [5.41, 5.74) is 4.76. The molecule has 1 fully saturated rings. The van der Waals surface area contributed by atoms with Crippen molar-refractivity contribution in [3.63, 3.8) is 0 Å². The van der Waals surface area contributed by atoms with E-state index in [0.717, 1.165) is 23.9 Å². The van der Waals surface area contributed by atoms with Crippen LogP contribution in [0.25, 0.3) is 10.9 Å². The van der Waals surface area contributed by atoms with E-state index in [9.17, 15) is 4.79 Å². The topological polar surface area (TPSA) is 54.6 Å². The Bertz CT molecular complexity index is 998. The highest BCUT2D eigenvalue weighted by Gasteiger charge is 2.44. The summed E-state index contributed by atoms with van der Waals surface area (Å²) in [4.78, 5) is 18.4. The highest BCUT2D eigenvalue weighted by atomic mass is 16.6. The number of likely N-dealkylation sites (tertiary alicyclic amines) is 1. The molecule has 1 amide bonds. The maximum absolute atomic E-state index is 12.9. The second-order valence-corrected chi connectivity index (χ2v) is 7.73. The number of nitrogens with one attached hydrogen (secondary N) is 1. The molecule has 2 aliphatic rings. The van der Waals surface area contributed by atoms with E-state index in [1.165, 1.54) is 16.6 Å². The van der Waals surface area contributed by atoms with Gasteiger partial charge in [0.1, 0.15) is 6.61 Å². The van der Waals surface area contributed by atoms with E-state index in [1.807, 2.05) is 35.2 Å².